The number of aromatic nitrogens is 4. The molecular weight excluding hydrogens is 326 g/mol. The quantitative estimate of drug-likeness (QED) is 0.755. The highest BCUT2D eigenvalue weighted by Crippen LogP contribution is 2.28. The van der Waals surface area contributed by atoms with Crippen LogP contribution in [0.3, 0.4) is 0 Å². The number of alkyl halides is 3. The summed E-state index contributed by atoms with van der Waals surface area (Å²) in [5.74, 6) is 0.0841. The van der Waals surface area contributed by atoms with E-state index in [1.165, 1.54) is 12.1 Å². The number of rotatable bonds is 6. The minimum Gasteiger partial charge on any atom is -0.292 e. The number of nitrogens with zero attached hydrogens (tertiary/aromatic N) is 5. The van der Waals surface area contributed by atoms with Gasteiger partial charge in [-0.1, -0.05) is 26.0 Å². The first kappa shape index (κ1) is 18.3. The fourth-order valence-electron chi connectivity index (χ4n) is 2.70. The molecule has 0 saturated heterocycles. The highest BCUT2D eigenvalue weighted by atomic mass is 19.4. The summed E-state index contributed by atoms with van der Waals surface area (Å²) in [7, 11) is 1.82. The molecule has 24 heavy (non-hydrogen) atoms. The van der Waals surface area contributed by atoms with E-state index in [-0.39, 0.29) is 30.1 Å². The molecule has 0 radical (unpaired) electrons. The smallest absolute Gasteiger partial charge is 0.292 e. The predicted octanol–water partition coefficient (Wildman–Crippen LogP) is 3.20. The summed E-state index contributed by atoms with van der Waals surface area (Å²) in [5, 5.41) is 10.9. The molecule has 0 N–H and O–H groups in total. The minimum atomic E-state index is -4.39. The van der Waals surface area contributed by atoms with Gasteiger partial charge in [0, 0.05) is 6.04 Å². The van der Waals surface area contributed by atoms with Gasteiger partial charge in [-0.25, -0.2) is 4.39 Å². The predicted molar refractivity (Wildman–Crippen MR) is 79.3 cm³/mol. The summed E-state index contributed by atoms with van der Waals surface area (Å²) in [5.41, 5.74) is 0.914. The molecule has 0 saturated carbocycles. The van der Waals surface area contributed by atoms with Gasteiger partial charge in [-0.3, -0.25) is 4.90 Å². The molecule has 1 aromatic heterocycles. The van der Waals surface area contributed by atoms with Crippen molar-refractivity contribution in [2.24, 2.45) is 5.92 Å². The van der Waals surface area contributed by atoms with Gasteiger partial charge in [0.15, 0.2) is 12.4 Å². The zero-order chi connectivity index (χ0) is 17.9. The average molecular weight is 345 g/mol. The van der Waals surface area contributed by atoms with Gasteiger partial charge in [-0.05, 0) is 35.9 Å². The fourth-order valence-corrected chi connectivity index (χ4v) is 2.70. The highest BCUT2D eigenvalue weighted by molar-refractivity contribution is 5.20. The zero-order valence-corrected chi connectivity index (χ0v) is 13.6. The van der Waals surface area contributed by atoms with Gasteiger partial charge < -0.3 is 0 Å². The van der Waals surface area contributed by atoms with Crippen LogP contribution < -0.4 is 0 Å². The van der Waals surface area contributed by atoms with Gasteiger partial charge in [-0.2, -0.15) is 18.0 Å². The molecule has 9 heteroatoms. The van der Waals surface area contributed by atoms with Gasteiger partial charge in [0.25, 0.3) is 0 Å². The van der Waals surface area contributed by atoms with Gasteiger partial charge in [0.1, 0.15) is 5.82 Å². The molecule has 0 aliphatic carbocycles. The van der Waals surface area contributed by atoms with E-state index in [0.717, 1.165) is 5.56 Å². The van der Waals surface area contributed by atoms with Crippen LogP contribution in [0.1, 0.15) is 31.3 Å². The molecule has 0 fully saturated rings. The molecule has 0 aliphatic rings. The van der Waals surface area contributed by atoms with Crippen LogP contribution in [0.15, 0.2) is 24.3 Å². The lowest BCUT2D eigenvalue weighted by Crippen LogP contribution is -2.28. The number of benzene rings is 1. The summed E-state index contributed by atoms with van der Waals surface area (Å²) >= 11 is 0. The van der Waals surface area contributed by atoms with Crippen LogP contribution >= 0.6 is 0 Å². The van der Waals surface area contributed by atoms with Crippen molar-refractivity contribution in [1.82, 2.24) is 25.1 Å². The first-order valence-corrected chi connectivity index (χ1v) is 7.45. The van der Waals surface area contributed by atoms with Crippen molar-refractivity contribution in [2.75, 3.05) is 7.05 Å². The second-order valence-electron chi connectivity index (χ2n) is 6.01. The molecule has 0 spiro atoms. The normalized spacial score (nSPS) is 13.7. The lowest BCUT2D eigenvalue weighted by atomic mass is 9.94. The molecule has 1 atom stereocenters. The number of tetrazole rings is 1. The van der Waals surface area contributed by atoms with Crippen LogP contribution in [0.4, 0.5) is 17.6 Å². The van der Waals surface area contributed by atoms with E-state index in [4.69, 9.17) is 0 Å². The Morgan fingerprint density at radius 2 is 1.79 bits per heavy atom. The summed E-state index contributed by atoms with van der Waals surface area (Å²) in [6, 6.07) is 6.11. The molecule has 0 bridgehead atoms. The number of halogens is 4. The largest absolute Gasteiger partial charge is 0.409 e. The summed E-state index contributed by atoms with van der Waals surface area (Å²) < 4.78 is 50.1. The van der Waals surface area contributed by atoms with Crippen LogP contribution in [0.25, 0.3) is 0 Å². The van der Waals surface area contributed by atoms with Crippen molar-refractivity contribution >= 4 is 0 Å². The van der Waals surface area contributed by atoms with Gasteiger partial charge in [-0.15, -0.1) is 10.2 Å². The number of hydrogen-bond acceptors (Lipinski definition) is 4. The van der Waals surface area contributed by atoms with Crippen LogP contribution in [-0.4, -0.2) is 38.3 Å². The lowest BCUT2D eigenvalue weighted by molar-refractivity contribution is -0.145. The maximum Gasteiger partial charge on any atom is 0.409 e. The third-order valence-corrected chi connectivity index (χ3v) is 3.52. The van der Waals surface area contributed by atoms with Crippen molar-refractivity contribution < 1.29 is 17.6 Å². The van der Waals surface area contributed by atoms with E-state index in [1.54, 1.807) is 12.1 Å². The van der Waals surface area contributed by atoms with Gasteiger partial charge in [0.05, 0.1) is 6.54 Å². The number of hydrogen-bond donors (Lipinski definition) is 0. The molecule has 2 aromatic rings. The Bertz CT molecular complexity index is 651. The Balaban J connectivity index is 2.11. The molecule has 0 unspecified atom stereocenters. The molecule has 2 rings (SSSR count). The average Bonchev–Trinajstić information content (AvgIpc) is 2.85. The lowest BCUT2D eigenvalue weighted by Gasteiger charge is -2.30. The van der Waals surface area contributed by atoms with Gasteiger partial charge in [0.2, 0.25) is 0 Å². The van der Waals surface area contributed by atoms with Crippen molar-refractivity contribution in [2.45, 2.75) is 39.2 Å². The van der Waals surface area contributed by atoms with Crippen LogP contribution in [0, 0.1) is 11.7 Å². The molecule has 132 valence electrons. The summed E-state index contributed by atoms with van der Waals surface area (Å²) in [6.45, 7) is 2.99. The van der Waals surface area contributed by atoms with Crippen molar-refractivity contribution in [3.05, 3.63) is 41.5 Å². The monoisotopic (exact) mass is 345 g/mol. The molecule has 1 aromatic carbocycles. The Hall–Kier alpha value is -2.03. The standard InChI is InChI=1S/C15H19F4N5/c1-10(2)14(11-4-6-12(16)7-5-11)23(3)8-13-20-22-24(21-13)9-15(17,18)19/h4-7,10,14H,8-9H2,1-3H3/t14-/m0/s1. The van der Waals surface area contributed by atoms with E-state index in [0.29, 0.717) is 4.80 Å². The first-order valence-electron chi connectivity index (χ1n) is 7.45. The molecule has 1 heterocycles. The Labute approximate surface area is 137 Å². The highest BCUT2D eigenvalue weighted by Gasteiger charge is 2.30. The fraction of sp³-hybridized carbons (Fsp3) is 0.533. The van der Waals surface area contributed by atoms with Crippen molar-refractivity contribution in [3.8, 4) is 0 Å². The summed E-state index contributed by atoms with van der Waals surface area (Å²) in [4.78, 5) is 2.44. The van der Waals surface area contributed by atoms with E-state index < -0.39 is 12.7 Å². The van der Waals surface area contributed by atoms with E-state index in [1.807, 2.05) is 25.8 Å². The summed E-state index contributed by atoms with van der Waals surface area (Å²) in [6.07, 6.45) is -4.39. The Kier molecular flexibility index (Phi) is 5.53. The minimum absolute atomic E-state index is 0.0554. The topological polar surface area (TPSA) is 46.8 Å². The third-order valence-electron chi connectivity index (χ3n) is 3.52. The molecule has 5 nitrogen and oxygen atoms in total. The van der Waals surface area contributed by atoms with Crippen LogP contribution in [0.2, 0.25) is 0 Å². The molecule has 0 amide bonds. The van der Waals surface area contributed by atoms with Crippen LogP contribution in [-0.2, 0) is 13.1 Å². The zero-order valence-electron chi connectivity index (χ0n) is 13.6. The molecule has 0 aliphatic heterocycles. The van der Waals surface area contributed by atoms with Crippen molar-refractivity contribution in [3.63, 3.8) is 0 Å². The maximum absolute atomic E-state index is 13.1. The van der Waals surface area contributed by atoms with Crippen molar-refractivity contribution in [1.29, 1.82) is 0 Å². The SMILES string of the molecule is CC(C)[C@@H](c1ccc(F)cc1)N(C)Cc1nnn(CC(F)(F)F)n1. The second-order valence-corrected chi connectivity index (χ2v) is 6.01. The Morgan fingerprint density at radius 1 is 1.17 bits per heavy atom. The van der Waals surface area contributed by atoms with Gasteiger partial charge >= 0.3 is 6.18 Å². The van der Waals surface area contributed by atoms with Crippen LogP contribution in [0.5, 0.6) is 0 Å². The maximum atomic E-state index is 13.1. The van der Waals surface area contributed by atoms with E-state index >= 15 is 0 Å². The van der Waals surface area contributed by atoms with E-state index in [2.05, 4.69) is 15.4 Å². The first-order chi connectivity index (χ1) is 11.2. The molecular formula is C15H19F4N5. The van der Waals surface area contributed by atoms with E-state index in [9.17, 15) is 17.6 Å². The second kappa shape index (κ2) is 7.25. The third kappa shape index (κ3) is 4.98. The Morgan fingerprint density at radius 3 is 2.33 bits per heavy atom.